The Morgan fingerprint density at radius 2 is 1.89 bits per heavy atom. The van der Waals surface area contributed by atoms with Crippen molar-refractivity contribution in [2.45, 2.75) is 44.6 Å². The van der Waals surface area contributed by atoms with Crippen LogP contribution in [-0.2, 0) is 0 Å². The molecule has 3 heteroatoms. The molecular weight excluding hydrogens is 228 g/mol. The van der Waals surface area contributed by atoms with Gasteiger partial charge >= 0.3 is 0 Å². The Bertz CT molecular complexity index is 395. The lowest BCUT2D eigenvalue weighted by molar-refractivity contribution is -0.0343. The molecule has 2 rings (SSSR count). The Morgan fingerprint density at radius 1 is 1.17 bits per heavy atom. The molecule has 0 spiro atoms. The molecule has 1 saturated carbocycles. The van der Waals surface area contributed by atoms with Gasteiger partial charge in [0.2, 0.25) is 0 Å². The van der Waals surface area contributed by atoms with Crippen molar-refractivity contribution in [2.24, 2.45) is 0 Å². The molecule has 1 aliphatic carbocycles. The molecule has 0 heterocycles. The quantitative estimate of drug-likeness (QED) is 0.892. The average Bonchev–Trinajstić information content (AvgIpc) is 2.38. The summed E-state index contributed by atoms with van der Waals surface area (Å²) in [6.07, 6.45) is 5.06. The number of hydrogen-bond acceptors (Lipinski definition) is 3. The molecule has 18 heavy (non-hydrogen) atoms. The number of benzene rings is 1. The third-order valence-corrected chi connectivity index (χ3v) is 3.60. The molecule has 3 nitrogen and oxygen atoms in total. The number of aryl methyl sites for hydroxylation is 1. The zero-order valence-corrected chi connectivity index (χ0v) is 11.2. The summed E-state index contributed by atoms with van der Waals surface area (Å²) in [5.41, 5.74) is 0.476. The summed E-state index contributed by atoms with van der Waals surface area (Å²) in [6, 6.07) is 5.84. The lowest BCUT2D eigenvalue weighted by Crippen LogP contribution is -2.37. The van der Waals surface area contributed by atoms with Crippen LogP contribution in [-0.4, -0.2) is 24.4 Å². The summed E-state index contributed by atoms with van der Waals surface area (Å²) in [5.74, 6) is 1.44. The van der Waals surface area contributed by atoms with Gasteiger partial charge < -0.3 is 14.6 Å². The first-order valence-corrected chi connectivity index (χ1v) is 6.63. The standard InChI is InChI=1S/C15H22O3/c1-12-6-7-13(14(10-12)17-2)18-11-15(16)8-4-3-5-9-15/h6-7,10,16H,3-5,8-9,11H2,1-2H3. The molecular formula is C15H22O3. The number of methoxy groups -OCH3 is 1. The van der Waals surface area contributed by atoms with Crippen molar-refractivity contribution < 1.29 is 14.6 Å². The number of aliphatic hydroxyl groups is 1. The summed E-state index contributed by atoms with van der Waals surface area (Å²) < 4.78 is 11.0. The van der Waals surface area contributed by atoms with E-state index in [4.69, 9.17) is 9.47 Å². The SMILES string of the molecule is COc1cc(C)ccc1OCC1(O)CCCCC1. The molecule has 1 aromatic rings. The topological polar surface area (TPSA) is 38.7 Å². The van der Waals surface area contributed by atoms with E-state index in [1.165, 1.54) is 6.42 Å². The van der Waals surface area contributed by atoms with Crippen molar-refractivity contribution >= 4 is 0 Å². The van der Waals surface area contributed by atoms with Gasteiger partial charge in [0.1, 0.15) is 6.61 Å². The van der Waals surface area contributed by atoms with E-state index in [9.17, 15) is 5.11 Å². The molecule has 0 unspecified atom stereocenters. The Hall–Kier alpha value is -1.22. The van der Waals surface area contributed by atoms with E-state index in [-0.39, 0.29) is 0 Å². The van der Waals surface area contributed by atoms with Gasteiger partial charge in [-0.1, -0.05) is 25.3 Å². The van der Waals surface area contributed by atoms with Gasteiger partial charge in [-0.25, -0.2) is 0 Å². The Labute approximate surface area is 109 Å². The van der Waals surface area contributed by atoms with Crippen LogP contribution >= 0.6 is 0 Å². The third-order valence-electron chi connectivity index (χ3n) is 3.60. The smallest absolute Gasteiger partial charge is 0.161 e. The fourth-order valence-electron chi connectivity index (χ4n) is 2.46. The van der Waals surface area contributed by atoms with Crippen molar-refractivity contribution in [1.29, 1.82) is 0 Å². The molecule has 0 radical (unpaired) electrons. The second kappa shape index (κ2) is 5.61. The van der Waals surface area contributed by atoms with Crippen molar-refractivity contribution in [3.05, 3.63) is 23.8 Å². The normalized spacial score (nSPS) is 18.4. The molecule has 0 bridgehead atoms. The molecule has 0 aliphatic heterocycles. The van der Waals surface area contributed by atoms with E-state index in [1.807, 2.05) is 25.1 Å². The van der Waals surface area contributed by atoms with E-state index in [0.29, 0.717) is 12.4 Å². The first kappa shape index (κ1) is 13.2. The number of ether oxygens (including phenoxy) is 2. The molecule has 1 fully saturated rings. The fraction of sp³-hybridized carbons (Fsp3) is 0.600. The third kappa shape index (κ3) is 3.16. The van der Waals surface area contributed by atoms with Gasteiger partial charge in [0.05, 0.1) is 12.7 Å². The predicted molar refractivity (Wildman–Crippen MR) is 71.3 cm³/mol. The van der Waals surface area contributed by atoms with E-state index in [0.717, 1.165) is 37.0 Å². The average molecular weight is 250 g/mol. The predicted octanol–water partition coefficient (Wildman–Crippen LogP) is 3.08. The summed E-state index contributed by atoms with van der Waals surface area (Å²) >= 11 is 0. The highest BCUT2D eigenvalue weighted by Crippen LogP contribution is 2.32. The van der Waals surface area contributed by atoms with E-state index >= 15 is 0 Å². The molecule has 100 valence electrons. The first-order valence-electron chi connectivity index (χ1n) is 6.63. The summed E-state index contributed by atoms with van der Waals surface area (Å²) in [7, 11) is 1.64. The maximum Gasteiger partial charge on any atom is 0.161 e. The van der Waals surface area contributed by atoms with Gasteiger partial charge in [-0.15, -0.1) is 0 Å². The Kier molecular flexibility index (Phi) is 4.12. The van der Waals surface area contributed by atoms with Gasteiger partial charge in [0.15, 0.2) is 11.5 Å². The first-order chi connectivity index (χ1) is 8.63. The van der Waals surface area contributed by atoms with Crippen LogP contribution in [0.3, 0.4) is 0 Å². The van der Waals surface area contributed by atoms with Gasteiger partial charge in [-0.3, -0.25) is 0 Å². The lowest BCUT2D eigenvalue weighted by Gasteiger charge is -2.31. The summed E-state index contributed by atoms with van der Waals surface area (Å²) in [5, 5.41) is 10.4. The van der Waals surface area contributed by atoms with E-state index in [1.54, 1.807) is 7.11 Å². The fourth-order valence-corrected chi connectivity index (χ4v) is 2.46. The van der Waals surface area contributed by atoms with E-state index in [2.05, 4.69) is 0 Å². The number of rotatable bonds is 4. The van der Waals surface area contributed by atoms with Crippen molar-refractivity contribution in [1.82, 2.24) is 0 Å². The van der Waals surface area contributed by atoms with Crippen LogP contribution in [0.25, 0.3) is 0 Å². The summed E-state index contributed by atoms with van der Waals surface area (Å²) in [4.78, 5) is 0. The van der Waals surface area contributed by atoms with Crippen LogP contribution in [0.5, 0.6) is 11.5 Å². The Morgan fingerprint density at radius 3 is 2.56 bits per heavy atom. The monoisotopic (exact) mass is 250 g/mol. The van der Waals surface area contributed by atoms with Gasteiger partial charge in [-0.05, 0) is 37.5 Å². The molecule has 0 aromatic heterocycles. The van der Waals surface area contributed by atoms with Crippen LogP contribution in [0.4, 0.5) is 0 Å². The molecule has 1 aliphatic rings. The van der Waals surface area contributed by atoms with Crippen LogP contribution in [0.15, 0.2) is 18.2 Å². The second-order valence-corrected chi connectivity index (χ2v) is 5.23. The Balaban J connectivity index is 2.01. The van der Waals surface area contributed by atoms with Gasteiger partial charge in [-0.2, -0.15) is 0 Å². The minimum Gasteiger partial charge on any atom is -0.493 e. The largest absolute Gasteiger partial charge is 0.493 e. The van der Waals surface area contributed by atoms with Crippen molar-refractivity contribution in [2.75, 3.05) is 13.7 Å². The molecule has 0 atom stereocenters. The minimum atomic E-state index is -0.659. The maximum absolute atomic E-state index is 10.4. The highest BCUT2D eigenvalue weighted by molar-refractivity contribution is 5.42. The van der Waals surface area contributed by atoms with Crippen molar-refractivity contribution in [3.63, 3.8) is 0 Å². The zero-order chi connectivity index (χ0) is 13.0. The van der Waals surface area contributed by atoms with Gasteiger partial charge in [0, 0.05) is 0 Å². The highest BCUT2D eigenvalue weighted by atomic mass is 16.5. The van der Waals surface area contributed by atoms with Crippen LogP contribution < -0.4 is 9.47 Å². The second-order valence-electron chi connectivity index (χ2n) is 5.23. The van der Waals surface area contributed by atoms with Crippen LogP contribution in [0, 0.1) is 6.92 Å². The summed E-state index contributed by atoms with van der Waals surface area (Å²) in [6.45, 7) is 2.37. The maximum atomic E-state index is 10.4. The molecule has 1 aromatic carbocycles. The van der Waals surface area contributed by atoms with Gasteiger partial charge in [0.25, 0.3) is 0 Å². The van der Waals surface area contributed by atoms with Crippen LogP contribution in [0.1, 0.15) is 37.7 Å². The molecule has 0 amide bonds. The van der Waals surface area contributed by atoms with E-state index < -0.39 is 5.60 Å². The highest BCUT2D eigenvalue weighted by Gasteiger charge is 2.30. The molecule has 1 N–H and O–H groups in total. The lowest BCUT2D eigenvalue weighted by atomic mass is 9.85. The zero-order valence-electron chi connectivity index (χ0n) is 11.2. The molecule has 0 saturated heterocycles. The number of hydrogen-bond donors (Lipinski definition) is 1. The van der Waals surface area contributed by atoms with Crippen LogP contribution in [0.2, 0.25) is 0 Å². The van der Waals surface area contributed by atoms with Crippen molar-refractivity contribution in [3.8, 4) is 11.5 Å². The minimum absolute atomic E-state index is 0.354.